The lowest BCUT2D eigenvalue weighted by Gasteiger charge is -2.16. The maximum absolute atomic E-state index is 14.5. The van der Waals surface area contributed by atoms with Crippen molar-refractivity contribution in [3.05, 3.63) is 59.5 Å². The van der Waals surface area contributed by atoms with Crippen LogP contribution in [0.4, 0.5) is 4.39 Å². The number of aromatic nitrogens is 1. The van der Waals surface area contributed by atoms with Gasteiger partial charge >= 0.3 is 5.97 Å². The number of carboxylic acid groups (broad SMARTS) is 1. The maximum atomic E-state index is 14.5. The van der Waals surface area contributed by atoms with Gasteiger partial charge in [-0.3, -0.25) is 4.79 Å². The van der Waals surface area contributed by atoms with E-state index in [1.54, 1.807) is 6.07 Å². The molecule has 1 aliphatic carbocycles. The Morgan fingerprint density at radius 3 is 2.73 bits per heavy atom. The van der Waals surface area contributed by atoms with Crippen LogP contribution in [0.2, 0.25) is 0 Å². The molecule has 7 nitrogen and oxygen atoms in total. The number of hydrogen-bond acceptors (Lipinski definition) is 6. The summed E-state index contributed by atoms with van der Waals surface area (Å²) in [5.74, 6) is 0.613. The number of rotatable bonds is 11. The van der Waals surface area contributed by atoms with E-state index in [2.05, 4.69) is 5.16 Å². The number of methoxy groups -OCH3 is 1. The molecule has 0 radical (unpaired) electrons. The first-order chi connectivity index (χ1) is 16.0. The summed E-state index contributed by atoms with van der Waals surface area (Å²) in [6.45, 7) is 2.19. The molecule has 8 heteroatoms. The Hall–Kier alpha value is -3.55. The molecule has 0 aliphatic heterocycles. The third kappa shape index (κ3) is 5.27. The Morgan fingerprint density at radius 1 is 1.21 bits per heavy atom. The Balaban J connectivity index is 1.55. The van der Waals surface area contributed by atoms with Crippen LogP contribution in [0.25, 0.3) is 11.3 Å². The zero-order valence-corrected chi connectivity index (χ0v) is 18.5. The first-order valence-corrected chi connectivity index (χ1v) is 10.9. The van der Waals surface area contributed by atoms with E-state index in [0.717, 1.165) is 18.4 Å². The summed E-state index contributed by atoms with van der Waals surface area (Å²) in [5, 5.41) is 13.3. The van der Waals surface area contributed by atoms with E-state index < -0.39 is 11.8 Å². The molecule has 1 aromatic heterocycles. The van der Waals surface area contributed by atoms with Crippen LogP contribution in [0.15, 0.2) is 47.0 Å². The molecule has 0 spiro atoms. The van der Waals surface area contributed by atoms with Gasteiger partial charge in [0.1, 0.15) is 23.9 Å². The number of carboxylic acids is 1. The van der Waals surface area contributed by atoms with Gasteiger partial charge in [-0.15, -0.1) is 0 Å². The quantitative estimate of drug-likeness (QED) is 0.412. The highest BCUT2D eigenvalue weighted by molar-refractivity contribution is 5.68. The van der Waals surface area contributed by atoms with Crippen LogP contribution in [-0.4, -0.2) is 29.9 Å². The molecule has 174 valence electrons. The highest BCUT2D eigenvalue weighted by atomic mass is 19.1. The van der Waals surface area contributed by atoms with Crippen LogP contribution in [-0.2, 0) is 11.4 Å². The highest BCUT2D eigenvalue weighted by Gasteiger charge is 2.34. The van der Waals surface area contributed by atoms with E-state index in [9.17, 15) is 14.3 Å². The minimum absolute atomic E-state index is 0.0280. The molecular weight excluding hydrogens is 429 g/mol. The van der Waals surface area contributed by atoms with Crippen LogP contribution < -0.4 is 14.2 Å². The molecular formula is C25H26FNO6. The zero-order chi connectivity index (χ0) is 23.4. The molecule has 1 fully saturated rings. The van der Waals surface area contributed by atoms with Crippen molar-refractivity contribution < 1.29 is 33.0 Å². The van der Waals surface area contributed by atoms with Gasteiger partial charge in [-0.05, 0) is 67.5 Å². The molecule has 1 aliphatic rings. The minimum atomic E-state index is -0.806. The van der Waals surface area contributed by atoms with Gasteiger partial charge in [0.15, 0.2) is 11.4 Å². The first kappa shape index (κ1) is 22.6. The van der Waals surface area contributed by atoms with E-state index in [0.29, 0.717) is 35.5 Å². The summed E-state index contributed by atoms with van der Waals surface area (Å²) in [6.07, 6.45) is 2.19. The maximum Gasteiger partial charge on any atom is 0.303 e. The fraction of sp³-hybridized carbons (Fsp3) is 0.360. The van der Waals surface area contributed by atoms with Gasteiger partial charge in [0.2, 0.25) is 5.76 Å². The van der Waals surface area contributed by atoms with Gasteiger partial charge in [-0.1, -0.05) is 17.3 Å². The first-order valence-electron chi connectivity index (χ1n) is 10.9. The average Bonchev–Trinajstić information content (AvgIpc) is 3.58. The standard InChI is InChI=1S/C25H26FNO6/c1-3-31-25-22(27-33-24(25)20-12-17(30-2)9-10-21(20)26)14-32-18-6-4-5-16(11-18)19(13-23(28)29)15-7-8-15/h4-6,9-12,15,19H,3,7-8,13-14H2,1-2H3,(H,28,29). The van der Waals surface area contributed by atoms with Crippen LogP contribution in [0.5, 0.6) is 17.2 Å². The molecule has 0 bridgehead atoms. The molecule has 2 aromatic carbocycles. The van der Waals surface area contributed by atoms with E-state index in [1.165, 1.54) is 25.3 Å². The predicted octanol–water partition coefficient (Wildman–Crippen LogP) is 5.44. The summed E-state index contributed by atoms with van der Waals surface area (Å²) in [5.41, 5.74) is 1.52. The SMILES string of the molecule is CCOc1c(COc2cccc(C(CC(=O)O)C3CC3)c2)noc1-c1cc(OC)ccc1F. The van der Waals surface area contributed by atoms with Crippen LogP contribution in [0, 0.1) is 11.7 Å². The molecule has 1 unspecified atom stereocenters. The molecule has 1 saturated carbocycles. The fourth-order valence-corrected chi connectivity index (χ4v) is 3.91. The van der Waals surface area contributed by atoms with Crippen LogP contribution in [0.1, 0.15) is 43.4 Å². The fourth-order valence-electron chi connectivity index (χ4n) is 3.91. The average molecular weight is 455 g/mol. The Kier molecular flexibility index (Phi) is 6.82. The van der Waals surface area contributed by atoms with Crippen molar-refractivity contribution in [2.45, 2.75) is 38.7 Å². The number of aliphatic carboxylic acids is 1. The predicted molar refractivity (Wildman–Crippen MR) is 118 cm³/mol. The number of nitrogens with zero attached hydrogens (tertiary/aromatic N) is 1. The van der Waals surface area contributed by atoms with Crippen LogP contribution >= 0.6 is 0 Å². The van der Waals surface area contributed by atoms with E-state index >= 15 is 0 Å². The Labute approximate surface area is 191 Å². The highest BCUT2D eigenvalue weighted by Crippen LogP contribution is 2.45. The third-order valence-electron chi connectivity index (χ3n) is 5.67. The van der Waals surface area contributed by atoms with Crippen LogP contribution in [0.3, 0.4) is 0 Å². The van der Waals surface area contributed by atoms with E-state index in [4.69, 9.17) is 18.7 Å². The normalized spacial score (nSPS) is 14.0. The van der Waals surface area contributed by atoms with Crippen molar-refractivity contribution in [3.63, 3.8) is 0 Å². The second kappa shape index (κ2) is 9.94. The van der Waals surface area contributed by atoms with Gasteiger partial charge in [0.25, 0.3) is 0 Å². The summed E-state index contributed by atoms with van der Waals surface area (Å²) < 4.78 is 36.7. The van der Waals surface area contributed by atoms with E-state index in [1.807, 2.05) is 25.1 Å². The topological polar surface area (TPSA) is 91.0 Å². The van der Waals surface area contributed by atoms with Gasteiger partial charge < -0.3 is 23.8 Å². The minimum Gasteiger partial charge on any atom is -0.497 e. The van der Waals surface area contributed by atoms with Gasteiger partial charge in [0.05, 0.1) is 25.7 Å². The lowest BCUT2D eigenvalue weighted by atomic mass is 9.91. The molecule has 1 heterocycles. The van der Waals surface area contributed by atoms with Crippen molar-refractivity contribution >= 4 is 5.97 Å². The molecule has 1 N–H and O–H groups in total. The van der Waals surface area contributed by atoms with Crippen molar-refractivity contribution in [3.8, 4) is 28.6 Å². The number of benzene rings is 2. The van der Waals surface area contributed by atoms with Gasteiger partial charge in [0, 0.05) is 0 Å². The number of halogens is 1. The van der Waals surface area contributed by atoms with E-state index in [-0.39, 0.29) is 30.3 Å². The summed E-state index contributed by atoms with van der Waals surface area (Å²) >= 11 is 0. The molecule has 4 rings (SSSR count). The molecule has 3 aromatic rings. The molecule has 33 heavy (non-hydrogen) atoms. The molecule has 0 saturated heterocycles. The van der Waals surface area contributed by atoms with Crippen molar-refractivity contribution in [1.82, 2.24) is 5.16 Å². The smallest absolute Gasteiger partial charge is 0.303 e. The monoisotopic (exact) mass is 455 g/mol. The summed E-state index contributed by atoms with van der Waals surface area (Å²) in [4.78, 5) is 11.3. The Bertz CT molecular complexity index is 1120. The largest absolute Gasteiger partial charge is 0.497 e. The number of carbonyl (C=O) groups is 1. The van der Waals surface area contributed by atoms with Crippen molar-refractivity contribution in [1.29, 1.82) is 0 Å². The summed E-state index contributed by atoms with van der Waals surface area (Å²) in [7, 11) is 1.50. The lowest BCUT2D eigenvalue weighted by molar-refractivity contribution is -0.137. The molecule has 1 atom stereocenters. The van der Waals surface area contributed by atoms with Crippen molar-refractivity contribution in [2.24, 2.45) is 5.92 Å². The number of ether oxygens (including phenoxy) is 3. The zero-order valence-electron chi connectivity index (χ0n) is 18.5. The summed E-state index contributed by atoms with van der Waals surface area (Å²) in [6, 6.07) is 11.8. The van der Waals surface area contributed by atoms with Gasteiger partial charge in [-0.2, -0.15) is 0 Å². The second-order valence-corrected chi connectivity index (χ2v) is 7.97. The molecule has 0 amide bonds. The second-order valence-electron chi connectivity index (χ2n) is 7.97. The van der Waals surface area contributed by atoms with Gasteiger partial charge in [-0.25, -0.2) is 4.39 Å². The third-order valence-corrected chi connectivity index (χ3v) is 5.67. The van der Waals surface area contributed by atoms with Crippen molar-refractivity contribution in [2.75, 3.05) is 13.7 Å². The lowest BCUT2D eigenvalue weighted by Crippen LogP contribution is -2.08. The Morgan fingerprint density at radius 2 is 2.03 bits per heavy atom. The number of hydrogen-bond donors (Lipinski definition) is 1.